The van der Waals surface area contributed by atoms with Gasteiger partial charge in [0.25, 0.3) is 5.91 Å². The number of amides is 2. The number of nitrogens with zero attached hydrogens (tertiary/aromatic N) is 1. The van der Waals surface area contributed by atoms with Crippen molar-refractivity contribution in [3.63, 3.8) is 0 Å². The lowest BCUT2D eigenvalue weighted by atomic mass is 10.2. The fraction of sp³-hybridized carbons (Fsp3) is 0.115. The molecule has 1 unspecified atom stereocenters. The van der Waals surface area contributed by atoms with Gasteiger partial charge in [-0.05, 0) is 73.7 Å². The van der Waals surface area contributed by atoms with Gasteiger partial charge in [-0.25, -0.2) is 4.98 Å². The van der Waals surface area contributed by atoms with E-state index in [9.17, 15) is 9.59 Å². The Hall–Kier alpha value is -3.33. The van der Waals surface area contributed by atoms with E-state index >= 15 is 0 Å². The Balaban J connectivity index is 1.31. The zero-order chi connectivity index (χ0) is 24.8. The highest BCUT2D eigenvalue weighted by Gasteiger charge is 2.17. The number of methoxy groups -OCH3 is 1. The van der Waals surface area contributed by atoms with Gasteiger partial charge in [-0.15, -0.1) is 23.1 Å². The van der Waals surface area contributed by atoms with Crippen LogP contribution >= 0.6 is 34.7 Å². The molecule has 0 spiro atoms. The van der Waals surface area contributed by atoms with Gasteiger partial charge in [0.2, 0.25) is 5.91 Å². The van der Waals surface area contributed by atoms with Crippen molar-refractivity contribution in [3.05, 3.63) is 88.8 Å². The number of nitrogens with one attached hydrogen (secondary N) is 2. The van der Waals surface area contributed by atoms with Crippen LogP contribution in [0.25, 0.3) is 11.3 Å². The summed E-state index contributed by atoms with van der Waals surface area (Å²) in [5.41, 5.74) is 2.89. The fourth-order valence-corrected chi connectivity index (χ4v) is 4.92. The number of hydrogen-bond acceptors (Lipinski definition) is 6. The third-order valence-corrected chi connectivity index (χ3v) is 7.11. The normalized spacial score (nSPS) is 11.5. The molecule has 0 saturated heterocycles. The fourth-order valence-electron chi connectivity index (χ4n) is 3.14. The first kappa shape index (κ1) is 24.8. The van der Waals surface area contributed by atoms with Gasteiger partial charge in [0.15, 0.2) is 5.13 Å². The number of aromatic nitrogens is 1. The van der Waals surface area contributed by atoms with Gasteiger partial charge in [-0.2, -0.15) is 0 Å². The number of rotatable bonds is 8. The highest BCUT2D eigenvalue weighted by molar-refractivity contribution is 8.00. The maximum Gasteiger partial charge on any atom is 0.255 e. The predicted octanol–water partition coefficient (Wildman–Crippen LogP) is 6.84. The summed E-state index contributed by atoms with van der Waals surface area (Å²) in [6.45, 7) is 1.84. The van der Waals surface area contributed by atoms with Gasteiger partial charge in [0.05, 0.1) is 18.1 Å². The van der Waals surface area contributed by atoms with Crippen molar-refractivity contribution in [3.8, 4) is 17.0 Å². The van der Waals surface area contributed by atoms with Crippen molar-refractivity contribution < 1.29 is 14.3 Å². The molecule has 2 N–H and O–H groups in total. The van der Waals surface area contributed by atoms with Crippen molar-refractivity contribution in [2.75, 3.05) is 17.7 Å². The molecule has 178 valence electrons. The lowest BCUT2D eigenvalue weighted by molar-refractivity contribution is -0.115. The molecule has 1 aromatic heterocycles. The summed E-state index contributed by atoms with van der Waals surface area (Å²) in [7, 11) is 1.62. The highest BCUT2D eigenvalue weighted by atomic mass is 35.5. The minimum absolute atomic E-state index is 0.135. The number of benzene rings is 3. The third kappa shape index (κ3) is 6.63. The largest absolute Gasteiger partial charge is 0.497 e. The summed E-state index contributed by atoms with van der Waals surface area (Å²) in [5.74, 6) is 0.405. The van der Waals surface area contributed by atoms with Gasteiger partial charge in [-0.3, -0.25) is 9.59 Å². The second kappa shape index (κ2) is 11.4. The minimum atomic E-state index is -0.338. The molecule has 0 aliphatic rings. The zero-order valence-corrected chi connectivity index (χ0v) is 21.3. The van der Waals surface area contributed by atoms with Crippen molar-refractivity contribution in [2.45, 2.75) is 17.1 Å². The Kier molecular flexibility index (Phi) is 8.07. The number of anilines is 2. The summed E-state index contributed by atoms with van der Waals surface area (Å²) in [4.78, 5) is 30.5. The van der Waals surface area contributed by atoms with Crippen LogP contribution in [0, 0.1) is 0 Å². The molecule has 0 aliphatic heterocycles. The SMILES string of the molecule is COc1ccc(-c2csc(NC(=O)C(C)Sc3ccc(NC(=O)c4cccc(Cl)c4)cc3)n2)cc1. The topological polar surface area (TPSA) is 80.3 Å². The Morgan fingerprint density at radius 1 is 1.03 bits per heavy atom. The summed E-state index contributed by atoms with van der Waals surface area (Å²) in [6.07, 6.45) is 0. The summed E-state index contributed by atoms with van der Waals surface area (Å²) < 4.78 is 5.18. The monoisotopic (exact) mass is 523 g/mol. The number of carbonyl (C=O) groups excluding carboxylic acids is 2. The van der Waals surface area contributed by atoms with Crippen molar-refractivity contribution in [1.29, 1.82) is 0 Å². The third-order valence-electron chi connectivity index (χ3n) is 5.00. The van der Waals surface area contributed by atoms with Gasteiger partial charge < -0.3 is 15.4 Å². The molecule has 4 aromatic rings. The maximum absolute atomic E-state index is 12.7. The molecule has 3 aromatic carbocycles. The summed E-state index contributed by atoms with van der Waals surface area (Å²) in [5, 5.41) is 8.36. The molecule has 0 fully saturated rings. The molecule has 0 radical (unpaired) electrons. The maximum atomic E-state index is 12.7. The number of carbonyl (C=O) groups is 2. The molecule has 9 heteroatoms. The van der Waals surface area contributed by atoms with Crippen LogP contribution in [-0.2, 0) is 4.79 Å². The van der Waals surface area contributed by atoms with E-state index in [2.05, 4.69) is 15.6 Å². The van der Waals surface area contributed by atoms with Crippen LogP contribution in [0.3, 0.4) is 0 Å². The van der Waals surface area contributed by atoms with Gasteiger partial charge in [-0.1, -0.05) is 17.7 Å². The van der Waals surface area contributed by atoms with E-state index < -0.39 is 0 Å². The van der Waals surface area contributed by atoms with Crippen LogP contribution in [0.2, 0.25) is 5.02 Å². The average molecular weight is 524 g/mol. The van der Waals surface area contributed by atoms with Crippen molar-refractivity contribution in [2.24, 2.45) is 0 Å². The zero-order valence-electron chi connectivity index (χ0n) is 18.9. The summed E-state index contributed by atoms with van der Waals surface area (Å²) in [6, 6.07) is 21.7. The number of thiazole rings is 1. The lowest BCUT2D eigenvalue weighted by Crippen LogP contribution is -2.22. The van der Waals surface area contributed by atoms with E-state index in [1.54, 1.807) is 43.5 Å². The summed E-state index contributed by atoms with van der Waals surface area (Å²) >= 11 is 8.76. The van der Waals surface area contributed by atoms with E-state index in [-0.39, 0.29) is 17.1 Å². The van der Waals surface area contributed by atoms with Crippen LogP contribution in [0.15, 0.2) is 83.1 Å². The van der Waals surface area contributed by atoms with Crippen LogP contribution < -0.4 is 15.4 Å². The quantitative estimate of drug-likeness (QED) is 0.247. The van der Waals surface area contributed by atoms with E-state index in [0.717, 1.165) is 21.9 Å². The highest BCUT2D eigenvalue weighted by Crippen LogP contribution is 2.29. The first-order chi connectivity index (χ1) is 16.9. The van der Waals surface area contributed by atoms with E-state index in [1.165, 1.54) is 23.1 Å². The minimum Gasteiger partial charge on any atom is -0.497 e. The van der Waals surface area contributed by atoms with Crippen LogP contribution in [0.1, 0.15) is 17.3 Å². The number of thioether (sulfide) groups is 1. The van der Waals surface area contributed by atoms with Crippen LogP contribution in [0.5, 0.6) is 5.75 Å². The van der Waals surface area contributed by atoms with Crippen molar-refractivity contribution >= 4 is 57.3 Å². The molecule has 4 rings (SSSR count). The Bertz CT molecular complexity index is 1320. The van der Waals surface area contributed by atoms with E-state index in [1.807, 2.05) is 48.7 Å². The smallest absolute Gasteiger partial charge is 0.255 e. The van der Waals surface area contributed by atoms with Crippen LogP contribution in [0.4, 0.5) is 10.8 Å². The van der Waals surface area contributed by atoms with E-state index in [0.29, 0.717) is 21.4 Å². The van der Waals surface area contributed by atoms with Crippen LogP contribution in [-0.4, -0.2) is 29.2 Å². The average Bonchev–Trinajstić information content (AvgIpc) is 3.33. The molecule has 1 atom stereocenters. The van der Waals surface area contributed by atoms with E-state index in [4.69, 9.17) is 16.3 Å². The molecule has 0 aliphatic carbocycles. The van der Waals surface area contributed by atoms with Crippen molar-refractivity contribution in [1.82, 2.24) is 4.98 Å². The second-order valence-electron chi connectivity index (χ2n) is 7.50. The van der Waals surface area contributed by atoms with Gasteiger partial charge >= 0.3 is 0 Å². The lowest BCUT2D eigenvalue weighted by Gasteiger charge is -2.11. The van der Waals surface area contributed by atoms with Gasteiger partial charge in [0.1, 0.15) is 5.75 Å². The van der Waals surface area contributed by atoms with Gasteiger partial charge in [0, 0.05) is 32.1 Å². The first-order valence-electron chi connectivity index (χ1n) is 10.7. The Morgan fingerprint density at radius 2 is 1.77 bits per heavy atom. The standard InChI is InChI=1S/C26H22ClN3O3S2/c1-16(24(31)30-26-29-23(15-34-26)17-6-10-21(33-2)11-7-17)35-22-12-8-20(9-13-22)28-25(32)18-4-3-5-19(27)14-18/h3-16H,1-2H3,(H,28,32)(H,29,30,31). The number of ether oxygens (including phenoxy) is 1. The molecule has 6 nitrogen and oxygen atoms in total. The molecular weight excluding hydrogens is 502 g/mol. The number of halogens is 1. The molecule has 1 heterocycles. The second-order valence-corrected chi connectivity index (χ2v) is 10.2. The molecule has 0 bridgehead atoms. The molecule has 35 heavy (non-hydrogen) atoms. The predicted molar refractivity (Wildman–Crippen MR) is 144 cm³/mol. The Labute approximate surface area is 216 Å². The number of hydrogen-bond donors (Lipinski definition) is 2. The first-order valence-corrected chi connectivity index (χ1v) is 12.8. The molecule has 0 saturated carbocycles. The molecule has 2 amide bonds. The molecular formula is C26H22ClN3O3S2. The Morgan fingerprint density at radius 3 is 2.46 bits per heavy atom.